The highest BCUT2D eigenvalue weighted by atomic mass is 32.2. The fraction of sp³-hybridized carbons (Fsp3) is 0.467. The van der Waals surface area contributed by atoms with Gasteiger partial charge in [0, 0.05) is 4.90 Å². The highest BCUT2D eigenvalue weighted by Gasteiger charge is 2.64. The molecule has 2 heterocycles. The molecule has 1 unspecified atom stereocenters. The van der Waals surface area contributed by atoms with E-state index in [9.17, 15) is 9.59 Å². The van der Waals surface area contributed by atoms with Crippen LogP contribution in [0.15, 0.2) is 35.2 Å². The monoisotopic (exact) mass is 292 g/mol. The summed E-state index contributed by atoms with van der Waals surface area (Å²) in [7, 11) is 0. The summed E-state index contributed by atoms with van der Waals surface area (Å²) >= 11 is 1.45. The van der Waals surface area contributed by atoms with Gasteiger partial charge in [0.05, 0.1) is 5.92 Å². The first-order chi connectivity index (χ1) is 9.56. The molecule has 0 spiro atoms. The van der Waals surface area contributed by atoms with E-state index in [0.717, 1.165) is 4.90 Å². The van der Waals surface area contributed by atoms with Crippen molar-refractivity contribution in [1.82, 2.24) is 0 Å². The number of hydrogen-bond donors (Lipinski definition) is 0. The second-order valence-electron chi connectivity index (χ2n) is 5.26. The quantitative estimate of drug-likeness (QED) is 0.801. The fourth-order valence-electron chi connectivity index (χ4n) is 2.94. The lowest BCUT2D eigenvalue weighted by Gasteiger charge is -2.27. The number of rotatable bonds is 3. The first-order valence-corrected chi connectivity index (χ1v) is 7.53. The van der Waals surface area contributed by atoms with E-state index in [0.29, 0.717) is 6.42 Å². The average molecular weight is 292 g/mol. The molecule has 0 saturated carbocycles. The normalized spacial score (nSPS) is 35.6. The maximum absolute atomic E-state index is 12.3. The van der Waals surface area contributed by atoms with Crippen LogP contribution in [0, 0.1) is 5.92 Å². The Morgan fingerprint density at radius 3 is 2.55 bits per heavy atom. The van der Waals surface area contributed by atoms with Crippen LogP contribution in [0.2, 0.25) is 0 Å². The van der Waals surface area contributed by atoms with Gasteiger partial charge in [0.2, 0.25) is 6.10 Å². The summed E-state index contributed by atoms with van der Waals surface area (Å²) < 4.78 is 9.83. The fourth-order valence-corrected chi connectivity index (χ4v) is 4.27. The zero-order chi connectivity index (χ0) is 14.3. The van der Waals surface area contributed by atoms with Crippen LogP contribution in [0.1, 0.15) is 20.3 Å². The van der Waals surface area contributed by atoms with Gasteiger partial charge in [0.25, 0.3) is 0 Å². The number of benzene rings is 1. The molecule has 2 aliphatic rings. The van der Waals surface area contributed by atoms with E-state index in [1.54, 1.807) is 0 Å². The lowest BCUT2D eigenvalue weighted by Crippen LogP contribution is -2.39. The van der Waals surface area contributed by atoms with Gasteiger partial charge >= 0.3 is 11.9 Å². The van der Waals surface area contributed by atoms with Gasteiger partial charge in [-0.3, -0.25) is 4.79 Å². The molecule has 2 saturated heterocycles. The van der Waals surface area contributed by atoms with Gasteiger partial charge in [-0.1, -0.05) is 25.1 Å². The Kier molecular flexibility index (Phi) is 3.24. The summed E-state index contributed by atoms with van der Waals surface area (Å²) in [5, 5.41) is 0. The summed E-state index contributed by atoms with van der Waals surface area (Å²) in [5.41, 5.74) is 0. The maximum Gasteiger partial charge on any atom is 0.348 e. The standard InChI is InChI=1S/C15H16O4S/c1-3-10-11-12(13(16)18-10)19-14(17)15(11,2)20-9-7-5-4-6-8-9/h4-8,10-12H,3H2,1-2H3/t10-,11-,12-,15?/m0/s1. The number of fused-ring (bicyclic) bond motifs is 1. The van der Waals surface area contributed by atoms with Gasteiger partial charge in [0.1, 0.15) is 10.9 Å². The van der Waals surface area contributed by atoms with Crippen molar-refractivity contribution in [1.29, 1.82) is 0 Å². The molecule has 0 aromatic heterocycles. The summed E-state index contributed by atoms with van der Waals surface area (Å²) in [6, 6.07) is 9.69. The summed E-state index contributed by atoms with van der Waals surface area (Å²) in [6.07, 6.45) is -0.303. The third-order valence-electron chi connectivity index (χ3n) is 3.98. The van der Waals surface area contributed by atoms with Gasteiger partial charge in [-0.15, -0.1) is 11.8 Å². The molecule has 2 fully saturated rings. The van der Waals surface area contributed by atoms with E-state index in [1.807, 2.05) is 44.2 Å². The van der Waals surface area contributed by atoms with Crippen molar-refractivity contribution < 1.29 is 19.1 Å². The van der Waals surface area contributed by atoms with Gasteiger partial charge in [-0.2, -0.15) is 0 Å². The molecule has 20 heavy (non-hydrogen) atoms. The summed E-state index contributed by atoms with van der Waals surface area (Å²) in [6.45, 7) is 3.80. The molecular weight excluding hydrogens is 276 g/mol. The van der Waals surface area contributed by atoms with Crippen LogP contribution in [-0.2, 0) is 19.1 Å². The number of ether oxygens (including phenoxy) is 2. The smallest absolute Gasteiger partial charge is 0.348 e. The number of thioether (sulfide) groups is 1. The van der Waals surface area contributed by atoms with Crippen LogP contribution in [0.3, 0.4) is 0 Å². The predicted octanol–water partition coefficient (Wildman–Crippen LogP) is 2.41. The minimum Gasteiger partial charge on any atom is -0.459 e. The molecule has 3 rings (SSSR count). The molecule has 4 atom stereocenters. The van der Waals surface area contributed by atoms with Crippen molar-refractivity contribution in [3.8, 4) is 0 Å². The molecular formula is C15H16O4S. The Hall–Kier alpha value is -1.49. The second-order valence-corrected chi connectivity index (χ2v) is 6.78. The van der Waals surface area contributed by atoms with E-state index >= 15 is 0 Å². The Balaban J connectivity index is 1.94. The maximum atomic E-state index is 12.3. The van der Waals surface area contributed by atoms with Gasteiger partial charge in [-0.05, 0) is 25.5 Å². The highest BCUT2D eigenvalue weighted by molar-refractivity contribution is 8.01. The average Bonchev–Trinajstić information content (AvgIpc) is 2.89. The Morgan fingerprint density at radius 1 is 1.20 bits per heavy atom. The van der Waals surface area contributed by atoms with Crippen LogP contribution >= 0.6 is 11.8 Å². The Morgan fingerprint density at radius 2 is 1.90 bits per heavy atom. The minimum atomic E-state index is -0.779. The largest absolute Gasteiger partial charge is 0.459 e. The molecule has 5 heteroatoms. The SMILES string of the molecule is CC[C@@H]1OC(=O)[C@H]2OC(=O)C(C)(Sc3ccccc3)[C@@H]12. The van der Waals surface area contributed by atoms with Crippen molar-refractivity contribution in [2.75, 3.05) is 0 Å². The van der Waals surface area contributed by atoms with Gasteiger partial charge < -0.3 is 9.47 Å². The molecule has 2 aliphatic heterocycles. The van der Waals surface area contributed by atoms with Crippen LogP contribution < -0.4 is 0 Å². The molecule has 0 aliphatic carbocycles. The van der Waals surface area contributed by atoms with Gasteiger partial charge in [0.15, 0.2) is 0 Å². The first-order valence-electron chi connectivity index (χ1n) is 6.72. The summed E-state index contributed by atoms with van der Waals surface area (Å²) in [5.74, 6) is -0.957. The molecule has 1 aromatic rings. The molecule has 0 bridgehead atoms. The third kappa shape index (κ3) is 1.92. The van der Waals surface area contributed by atoms with Crippen LogP contribution in [0.5, 0.6) is 0 Å². The molecule has 0 N–H and O–H groups in total. The third-order valence-corrected chi connectivity index (χ3v) is 5.35. The molecule has 0 radical (unpaired) electrons. The van der Waals surface area contributed by atoms with Crippen molar-refractivity contribution in [2.24, 2.45) is 5.92 Å². The van der Waals surface area contributed by atoms with Crippen molar-refractivity contribution in [2.45, 2.75) is 42.1 Å². The predicted molar refractivity (Wildman–Crippen MR) is 74.2 cm³/mol. The number of cyclic esters (lactones) is 1. The Bertz CT molecular complexity index is 544. The van der Waals surface area contributed by atoms with Crippen LogP contribution in [-0.4, -0.2) is 28.9 Å². The van der Waals surface area contributed by atoms with Crippen molar-refractivity contribution in [3.63, 3.8) is 0 Å². The lowest BCUT2D eigenvalue weighted by molar-refractivity contribution is -0.158. The molecule has 1 aromatic carbocycles. The second kappa shape index (κ2) is 4.81. The highest BCUT2D eigenvalue weighted by Crippen LogP contribution is 2.51. The van der Waals surface area contributed by atoms with E-state index in [2.05, 4.69) is 0 Å². The van der Waals surface area contributed by atoms with Crippen LogP contribution in [0.25, 0.3) is 0 Å². The van der Waals surface area contributed by atoms with E-state index < -0.39 is 16.8 Å². The Labute approximate surface area is 121 Å². The molecule has 4 nitrogen and oxygen atoms in total. The van der Waals surface area contributed by atoms with E-state index in [-0.39, 0.29) is 18.0 Å². The van der Waals surface area contributed by atoms with Crippen molar-refractivity contribution >= 4 is 23.7 Å². The zero-order valence-corrected chi connectivity index (χ0v) is 12.2. The van der Waals surface area contributed by atoms with Gasteiger partial charge in [-0.25, -0.2) is 4.79 Å². The number of carbonyl (C=O) groups excluding carboxylic acids is 2. The van der Waals surface area contributed by atoms with Crippen molar-refractivity contribution in [3.05, 3.63) is 30.3 Å². The zero-order valence-electron chi connectivity index (χ0n) is 11.4. The summed E-state index contributed by atoms with van der Waals surface area (Å²) in [4.78, 5) is 25.1. The first kappa shape index (κ1) is 13.5. The van der Waals surface area contributed by atoms with E-state index in [4.69, 9.17) is 9.47 Å². The lowest BCUT2D eigenvalue weighted by atomic mass is 9.87. The topological polar surface area (TPSA) is 52.6 Å². The number of esters is 2. The number of carbonyl (C=O) groups is 2. The molecule has 106 valence electrons. The van der Waals surface area contributed by atoms with Crippen LogP contribution in [0.4, 0.5) is 0 Å². The number of hydrogen-bond acceptors (Lipinski definition) is 5. The molecule has 0 amide bonds. The minimum absolute atomic E-state index is 0.224. The van der Waals surface area contributed by atoms with E-state index in [1.165, 1.54) is 11.8 Å².